The summed E-state index contributed by atoms with van der Waals surface area (Å²) in [6.45, 7) is 4.53. The van der Waals surface area contributed by atoms with E-state index in [-0.39, 0.29) is 6.61 Å². The average Bonchev–Trinajstić information content (AvgIpc) is 2.63. The molecule has 1 aromatic carbocycles. The molecule has 2 nitrogen and oxygen atoms in total. The predicted molar refractivity (Wildman–Crippen MR) is 84.2 cm³/mol. The summed E-state index contributed by atoms with van der Waals surface area (Å²) in [6.07, 6.45) is 7.42. The highest BCUT2D eigenvalue weighted by Crippen LogP contribution is 2.30. The summed E-state index contributed by atoms with van der Waals surface area (Å²) in [5, 5.41) is 10.7. The van der Waals surface area contributed by atoms with Gasteiger partial charge in [0.05, 0.1) is 0 Å². The van der Waals surface area contributed by atoms with Gasteiger partial charge in [0.2, 0.25) is 0 Å². The molecule has 1 aliphatic carbocycles. The third-order valence-corrected chi connectivity index (χ3v) is 4.70. The van der Waals surface area contributed by atoms with Gasteiger partial charge >= 0.3 is 0 Å². The van der Waals surface area contributed by atoms with E-state index in [0.29, 0.717) is 5.92 Å². The van der Waals surface area contributed by atoms with Gasteiger partial charge in [-0.25, -0.2) is 0 Å². The van der Waals surface area contributed by atoms with Gasteiger partial charge < -0.3 is 10.1 Å². The van der Waals surface area contributed by atoms with Crippen LogP contribution in [0.4, 0.5) is 0 Å². The molecule has 1 aromatic heterocycles. The highest BCUT2D eigenvalue weighted by Gasteiger charge is 2.15. The Kier molecular flexibility index (Phi) is 3.84. The third kappa shape index (κ3) is 2.49. The summed E-state index contributed by atoms with van der Waals surface area (Å²) >= 11 is 0. The molecule has 0 amide bonds. The van der Waals surface area contributed by atoms with Gasteiger partial charge in [-0.15, -0.1) is 0 Å². The molecule has 108 valence electrons. The highest BCUT2D eigenvalue weighted by atomic mass is 16.3. The number of aromatic nitrogens is 1. The number of aliphatic hydroxyl groups is 1. The first-order valence-corrected chi connectivity index (χ1v) is 7.93. The van der Waals surface area contributed by atoms with Gasteiger partial charge in [-0.05, 0) is 73.8 Å². The van der Waals surface area contributed by atoms with E-state index in [0.717, 1.165) is 6.42 Å². The average molecular weight is 271 g/mol. The van der Waals surface area contributed by atoms with E-state index in [1.54, 1.807) is 5.56 Å². The van der Waals surface area contributed by atoms with Crippen molar-refractivity contribution in [3.8, 4) is 0 Å². The number of hydrogen-bond donors (Lipinski definition) is 2. The number of rotatable bonds is 3. The number of nitrogens with one attached hydrogen (secondary N) is 1. The molecule has 1 heterocycles. The molecule has 0 saturated heterocycles. The number of aromatic amines is 1. The van der Waals surface area contributed by atoms with Gasteiger partial charge in [0.25, 0.3) is 0 Å². The van der Waals surface area contributed by atoms with E-state index in [1.807, 2.05) is 0 Å². The first-order chi connectivity index (χ1) is 9.69. The fourth-order valence-electron chi connectivity index (χ4n) is 3.47. The van der Waals surface area contributed by atoms with Gasteiger partial charge in [0, 0.05) is 23.2 Å². The quantitative estimate of drug-likeness (QED) is 0.816. The van der Waals surface area contributed by atoms with Gasteiger partial charge in [0.1, 0.15) is 0 Å². The van der Waals surface area contributed by atoms with E-state index >= 15 is 0 Å². The molecule has 2 aromatic rings. The maximum Gasteiger partial charge on any atom is 0.0461 e. The van der Waals surface area contributed by atoms with Crippen LogP contribution in [-0.2, 0) is 19.3 Å². The molecule has 20 heavy (non-hydrogen) atoms. The van der Waals surface area contributed by atoms with Crippen LogP contribution in [0.5, 0.6) is 0 Å². The first kappa shape index (κ1) is 13.7. The molecule has 0 bridgehead atoms. The lowest BCUT2D eigenvalue weighted by atomic mass is 9.95. The lowest BCUT2D eigenvalue weighted by Gasteiger charge is -2.10. The zero-order valence-electron chi connectivity index (χ0n) is 12.6. The zero-order chi connectivity index (χ0) is 14.1. The summed E-state index contributed by atoms with van der Waals surface area (Å²) in [7, 11) is 0. The third-order valence-electron chi connectivity index (χ3n) is 4.70. The summed E-state index contributed by atoms with van der Waals surface area (Å²) in [5.41, 5.74) is 7.03. The Morgan fingerprint density at radius 3 is 2.55 bits per heavy atom. The van der Waals surface area contributed by atoms with Crippen molar-refractivity contribution >= 4 is 10.9 Å². The smallest absolute Gasteiger partial charge is 0.0461 e. The molecule has 0 aliphatic heterocycles. The number of fused-ring (bicyclic) bond motifs is 2. The second-order valence-electron chi connectivity index (χ2n) is 6.45. The van der Waals surface area contributed by atoms with Crippen molar-refractivity contribution in [2.24, 2.45) is 5.92 Å². The van der Waals surface area contributed by atoms with E-state index in [2.05, 4.69) is 31.0 Å². The molecule has 1 aliphatic rings. The minimum atomic E-state index is 0.261. The van der Waals surface area contributed by atoms with E-state index in [1.165, 1.54) is 59.8 Å². The number of aliphatic hydroxyl groups excluding tert-OH is 1. The summed E-state index contributed by atoms with van der Waals surface area (Å²) in [6, 6.07) is 4.79. The van der Waals surface area contributed by atoms with Crippen molar-refractivity contribution in [3.05, 3.63) is 34.5 Å². The Bertz CT molecular complexity index is 611. The zero-order valence-corrected chi connectivity index (χ0v) is 12.6. The maximum absolute atomic E-state index is 9.32. The van der Waals surface area contributed by atoms with Crippen LogP contribution in [0.15, 0.2) is 12.1 Å². The fourth-order valence-corrected chi connectivity index (χ4v) is 3.47. The van der Waals surface area contributed by atoms with Gasteiger partial charge in [-0.3, -0.25) is 0 Å². The van der Waals surface area contributed by atoms with E-state index in [4.69, 9.17) is 0 Å². The normalized spacial score (nSPS) is 16.9. The Morgan fingerprint density at radius 1 is 1.15 bits per heavy atom. The topological polar surface area (TPSA) is 36.0 Å². The molecule has 0 radical (unpaired) electrons. The lowest BCUT2D eigenvalue weighted by molar-refractivity contribution is 0.237. The van der Waals surface area contributed by atoms with Crippen LogP contribution in [-0.4, -0.2) is 16.7 Å². The molecule has 1 atom stereocenters. The Hall–Kier alpha value is -1.28. The van der Waals surface area contributed by atoms with Crippen LogP contribution in [0.2, 0.25) is 0 Å². The Labute approximate surface area is 121 Å². The molecular weight excluding hydrogens is 246 g/mol. The van der Waals surface area contributed by atoms with Crippen molar-refractivity contribution < 1.29 is 5.11 Å². The molecular formula is C18H25NO. The van der Waals surface area contributed by atoms with Crippen molar-refractivity contribution in [1.82, 2.24) is 4.98 Å². The highest BCUT2D eigenvalue weighted by molar-refractivity contribution is 5.86. The maximum atomic E-state index is 9.32. The lowest BCUT2D eigenvalue weighted by Crippen LogP contribution is -2.05. The summed E-state index contributed by atoms with van der Waals surface area (Å²) in [4.78, 5) is 3.55. The second kappa shape index (κ2) is 5.61. The number of H-pyrrole nitrogens is 1. The van der Waals surface area contributed by atoms with Crippen LogP contribution in [0.25, 0.3) is 10.9 Å². The molecule has 2 heteroatoms. The van der Waals surface area contributed by atoms with Crippen LogP contribution in [0, 0.1) is 12.8 Å². The number of aryl methyl sites for hydroxylation is 3. The van der Waals surface area contributed by atoms with Gasteiger partial charge in [-0.2, -0.15) is 0 Å². The van der Waals surface area contributed by atoms with Crippen LogP contribution >= 0.6 is 0 Å². The largest absolute Gasteiger partial charge is 0.396 e. The van der Waals surface area contributed by atoms with Crippen LogP contribution in [0.1, 0.15) is 48.6 Å². The Morgan fingerprint density at radius 2 is 1.85 bits per heavy atom. The fraction of sp³-hybridized carbons (Fsp3) is 0.556. The monoisotopic (exact) mass is 271 g/mol. The summed E-state index contributed by atoms with van der Waals surface area (Å²) < 4.78 is 0. The van der Waals surface area contributed by atoms with Crippen molar-refractivity contribution in [2.45, 2.75) is 52.4 Å². The van der Waals surface area contributed by atoms with Crippen molar-refractivity contribution in [1.29, 1.82) is 0 Å². The minimum Gasteiger partial charge on any atom is -0.396 e. The van der Waals surface area contributed by atoms with Crippen LogP contribution in [0.3, 0.4) is 0 Å². The second-order valence-corrected chi connectivity index (χ2v) is 6.45. The predicted octanol–water partition coefficient (Wildman–Crippen LogP) is 3.92. The Balaban J connectivity index is 2.07. The van der Waals surface area contributed by atoms with Gasteiger partial charge in [-0.1, -0.05) is 13.3 Å². The van der Waals surface area contributed by atoms with Gasteiger partial charge in [0.15, 0.2) is 0 Å². The molecule has 0 saturated carbocycles. The SMILES string of the molecule is Cc1[nH]c2cc3c(cc2c1CC(C)CO)CCCCC3. The summed E-state index contributed by atoms with van der Waals surface area (Å²) in [5.74, 6) is 0.325. The van der Waals surface area contributed by atoms with Crippen molar-refractivity contribution in [2.75, 3.05) is 6.61 Å². The van der Waals surface area contributed by atoms with E-state index < -0.39 is 0 Å². The standard InChI is InChI=1S/C18H25NO/c1-12(11-20)8-16-13(2)19-18-10-15-7-5-3-4-6-14(15)9-17(16)18/h9-10,12,19-20H,3-8,11H2,1-2H3. The molecule has 3 rings (SSSR count). The molecule has 1 unspecified atom stereocenters. The molecule has 2 N–H and O–H groups in total. The van der Waals surface area contributed by atoms with E-state index in [9.17, 15) is 5.11 Å². The van der Waals surface area contributed by atoms with Crippen LogP contribution < -0.4 is 0 Å². The molecule has 0 spiro atoms. The molecule has 0 fully saturated rings. The van der Waals surface area contributed by atoms with Crippen molar-refractivity contribution in [3.63, 3.8) is 0 Å². The minimum absolute atomic E-state index is 0.261. The number of hydrogen-bond acceptors (Lipinski definition) is 1. The number of benzene rings is 1. The first-order valence-electron chi connectivity index (χ1n) is 7.93.